The second-order valence-electron chi connectivity index (χ2n) is 3.81. The second kappa shape index (κ2) is 6.74. The average molecular weight is 232 g/mol. The molecule has 0 saturated carbocycles. The topological polar surface area (TPSA) is 66.6 Å². The summed E-state index contributed by atoms with van der Waals surface area (Å²) in [6, 6.07) is -0.264. The molecule has 1 unspecified atom stereocenters. The Morgan fingerprint density at radius 1 is 1.53 bits per heavy atom. The van der Waals surface area contributed by atoms with Gasteiger partial charge in [-0.05, 0) is 20.3 Å². The second-order valence-corrected chi connectivity index (χ2v) is 4.33. The van der Waals surface area contributed by atoms with Crippen LogP contribution in [0.1, 0.15) is 33.6 Å². The summed E-state index contributed by atoms with van der Waals surface area (Å²) >= 11 is 4.79. The molecule has 0 aliphatic carbocycles. The van der Waals surface area contributed by atoms with Crippen LogP contribution in [0.15, 0.2) is 0 Å². The molecule has 0 aromatic carbocycles. The molecule has 0 rings (SSSR count). The number of hydrogen-bond acceptors (Lipinski definition) is 3. The van der Waals surface area contributed by atoms with Crippen molar-refractivity contribution in [1.82, 2.24) is 4.90 Å². The minimum Gasteiger partial charge on any atom is -0.480 e. The predicted molar refractivity (Wildman–Crippen MR) is 65.0 cm³/mol. The number of carbonyl (C=O) groups is 1. The minimum atomic E-state index is -0.783. The van der Waals surface area contributed by atoms with Crippen LogP contribution >= 0.6 is 12.2 Å². The molecule has 4 nitrogen and oxygen atoms in total. The molecule has 0 aromatic rings. The summed E-state index contributed by atoms with van der Waals surface area (Å²) < 4.78 is 0. The molecule has 5 heteroatoms. The Kier molecular flexibility index (Phi) is 6.43. The van der Waals surface area contributed by atoms with Gasteiger partial charge in [0, 0.05) is 19.0 Å². The van der Waals surface area contributed by atoms with Gasteiger partial charge in [-0.1, -0.05) is 19.1 Å². The van der Waals surface area contributed by atoms with Crippen molar-refractivity contribution in [3.05, 3.63) is 0 Å². The third kappa shape index (κ3) is 5.09. The van der Waals surface area contributed by atoms with Gasteiger partial charge in [-0.25, -0.2) is 0 Å². The Labute approximate surface area is 96.4 Å². The zero-order chi connectivity index (χ0) is 12.0. The molecule has 1 atom stereocenters. The van der Waals surface area contributed by atoms with Crippen LogP contribution in [-0.4, -0.2) is 39.6 Å². The van der Waals surface area contributed by atoms with Crippen molar-refractivity contribution in [3.63, 3.8) is 0 Å². The van der Waals surface area contributed by atoms with Gasteiger partial charge in [-0.2, -0.15) is 0 Å². The van der Waals surface area contributed by atoms with Gasteiger partial charge in [0.05, 0.1) is 4.99 Å². The van der Waals surface area contributed by atoms with Crippen LogP contribution in [0, 0.1) is 0 Å². The maximum absolute atomic E-state index is 11.0. The molecule has 0 heterocycles. The number of nitrogens with zero attached hydrogens (tertiary/aromatic N) is 1. The summed E-state index contributed by atoms with van der Waals surface area (Å²) in [4.78, 5) is 13.4. The number of rotatable bonds is 7. The summed E-state index contributed by atoms with van der Waals surface area (Å²) in [5.41, 5.74) is 5.42. The van der Waals surface area contributed by atoms with Crippen LogP contribution in [-0.2, 0) is 4.79 Å². The van der Waals surface area contributed by atoms with Crippen LogP contribution in [0.2, 0.25) is 0 Å². The van der Waals surface area contributed by atoms with E-state index in [1.165, 1.54) is 0 Å². The molecule has 0 bridgehead atoms. The molecule has 0 aliphatic heterocycles. The summed E-state index contributed by atoms with van der Waals surface area (Å²) in [6.45, 7) is 6.43. The maximum Gasteiger partial charge on any atom is 0.320 e. The van der Waals surface area contributed by atoms with Gasteiger partial charge < -0.3 is 10.8 Å². The summed E-state index contributed by atoms with van der Waals surface area (Å²) in [7, 11) is 0. The van der Waals surface area contributed by atoms with Gasteiger partial charge in [0.25, 0.3) is 0 Å². The lowest BCUT2D eigenvalue weighted by molar-refractivity contribution is -0.144. The fraction of sp³-hybridized carbons (Fsp3) is 0.800. The molecule has 0 saturated heterocycles. The first-order chi connectivity index (χ1) is 6.90. The number of aliphatic carboxylic acids is 1. The van der Waals surface area contributed by atoms with Gasteiger partial charge in [-0.15, -0.1) is 0 Å². The third-order valence-corrected chi connectivity index (χ3v) is 2.56. The monoisotopic (exact) mass is 232 g/mol. The minimum absolute atomic E-state index is 0.181. The SMILES string of the molecule is CCC(C(=O)O)N(CCC(N)=S)C(C)C. The molecule has 0 amide bonds. The van der Waals surface area contributed by atoms with Crippen molar-refractivity contribution in [1.29, 1.82) is 0 Å². The smallest absolute Gasteiger partial charge is 0.320 e. The Bertz CT molecular complexity index is 231. The van der Waals surface area contributed by atoms with E-state index < -0.39 is 12.0 Å². The Morgan fingerprint density at radius 2 is 2.07 bits per heavy atom. The van der Waals surface area contributed by atoms with Crippen molar-refractivity contribution in [2.24, 2.45) is 5.73 Å². The normalized spacial score (nSPS) is 13.1. The summed E-state index contributed by atoms with van der Waals surface area (Å²) in [5.74, 6) is -0.783. The predicted octanol–water partition coefficient (Wildman–Crippen LogP) is 1.24. The quantitative estimate of drug-likeness (QED) is 0.646. The molecule has 88 valence electrons. The van der Waals surface area contributed by atoms with Crippen molar-refractivity contribution in [2.75, 3.05) is 6.54 Å². The van der Waals surface area contributed by atoms with E-state index in [0.29, 0.717) is 24.4 Å². The van der Waals surface area contributed by atoms with E-state index in [2.05, 4.69) is 0 Å². The van der Waals surface area contributed by atoms with E-state index >= 15 is 0 Å². The molecule has 0 aliphatic rings. The van der Waals surface area contributed by atoms with Crippen molar-refractivity contribution >= 4 is 23.2 Å². The number of carboxylic acid groups (broad SMARTS) is 1. The van der Waals surface area contributed by atoms with Crippen LogP contribution in [0.5, 0.6) is 0 Å². The summed E-state index contributed by atoms with van der Waals surface area (Å²) in [6.07, 6.45) is 1.15. The first kappa shape index (κ1) is 14.3. The number of carboxylic acids is 1. The van der Waals surface area contributed by atoms with E-state index in [1.807, 2.05) is 25.7 Å². The molecule has 0 fully saturated rings. The molecular weight excluding hydrogens is 212 g/mol. The molecule has 3 N–H and O–H groups in total. The highest BCUT2D eigenvalue weighted by Gasteiger charge is 2.25. The zero-order valence-corrected chi connectivity index (χ0v) is 10.4. The van der Waals surface area contributed by atoms with E-state index in [4.69, 9.17) is 23.1 Å². The molecular formula is C10H20N2O2S. The summed E-state index contributed by atoms with van der Waals surface area (Å²) in [5, 5.41) is 9.05. The van der Waals surface area contributed by atoms with Crippen LogP contribution in [0.25, 0.3) is 0 Å². The van der Waals surface area contributed by atoms with Crippen LogP contribution in [0.4, 0.5) is 0 Å². The number of thiocarbonyl (C=S) groups is 1. The average Bonchev–Trinajstić information content (AvgIpc) is 2.10. The highest BCUT2D eigenvalue weighted by atomic mass is 32.1. The molecule has 0 aromatic heterocycles. The van der Waals surface area contributed by atoms with Gasteiger partial charge in [0.15, 0.2) is 0 Å². The lowest BCUT2D eigenvalue weighted by atomic mass is 10.1. The zero-order valence-electron chi connectivity index (χ0n) is 9.56. The Morgan fingerprint density at radius 3 is 2.33 bits per heavy atom. The van der Waals surface area contributed by atoms with Crippen molar-refractivity contribution in [3.8, 4) is 0 Å². The van der Waals surface area contributed by atoms with E-state index in [-0.39, 0.29) is 6.04 Å². The number of nitrogens with two attached hydrogens (primary N) is 1. The van der Waals surface area contributed by atoms with Crippen LogP contribution in [0.3, 0.4) is 0 Å². The first-order valence-electron chi connectivity index (χ1n) is 5.17. The Hall–Kier alpha value is -0.680. The fourth-order valence-electron chi connectivity index (χ4n) is 1.56. The van der Waals surface area contributed by atoms with Gasteiger partial charge in [-0.3, -0.25) is 9.69 Å². The van der Waals surface area contributed by atoms with Gasteiger partial charge >= 0.3 is 5.97 Å². The van der Waals surface area contributed by atoms with Gasteiger partial charge in [0.1, 0.15) is 6.04 Å². The largest absolute Gasteiger partial charge is 0.480 e. The third-order valence-electron chi connectivity index (χ3n) is 2.35. The van der Waals surface area contributed by atoms with Crippen molar-refractivity contribution < 1.29 is 9.90 Å². The number of hydrogen-bond donors (Lipinski definition) is 2. The van der Waals surface area contributed by atoms with E-state index in [9.17, 15) is 4.79 Å². The lowest BCUT2D eigenvalue weighted by Gasteiger charge is -2.31. The van der Waals surface area contributed by atoms with Gasteiger partial charge in [0.2, 0.25) is 0 Å². The Balaban J connectivity index is 4.48. The van der Waals surface area contributed by atoms with Crippen molar-refractivity contribution in [2.45, 2.75) is 45.7 Å². The molecule has 0 spiro atoms. The fourth-order valence-corrected chi connectivity index (χ4v) is 1.66. The first-order valence-corrected chi connectivity index (χ1v) is 5.57. The molecule has 15 heavy (non-hydrogen) atoms. The highest BCUT2D eigenvalue weighted by molar-refractivity contribution is 7.80. The lowest BCUT2D eigenvalue weighted by Crippen LogP contribution is -2.46. The van der Waals surface area contributed by atoms with E-state index in [1.54, 1.807) is 0 Å². The van der Waals surface area contributed by atoms with E-state index in [0.717, 1.165) is 0 Å². The maximum atomic E-state index is 11.0. The highest BCUT2D eigenvalue weighted by Crippen LogP contribution is 2.10. The molecule has 0 radical (unpaired) electrons. The van der Waals surface area contributed by atoms with Crippen LogP contribution < -0.4 is 5.73 Å². The standard InChI is InChI=1S/C10H20N2O2S/c1-4-8(10(13)14)12(7(2)3)6-5-9(11)15/h7-8H,4-6H2,1-3H3,(H2,11,15)(H,13,14).